The van der Waals surface area contributed by atoms with Crippen molar-refractivity contribution < 1.29 is 14.3 Å². The summed E-state index contributed by atoms with van der Waals surface area (Å²) in [6.45, 7) is 5.11. The Morgan fingerprint density at radius 2 is 1.92 bits per heavy atom. The van der Waals surface area contributed by atoms with Crippen LogP contribution in [0, 0.1) is 5.92 Å². The molecule has 1 aliphatic rings. The Kier molecular flexibility index (Phi) is 8.23. The van der Waals surface area contributed by atoms with Gasteiger partial charge in [0.1, 0.15) is 5.75 Å². The van der Waals surface area contributed by atoms with E-state index >= 15 is 0 Å². The first-order valence-corrected chi connectivity index (χ1v) is 9.91. The lowest BCUT2D eigenvalue weighted by Gasteiger charge is -2.19. The molecule has 1 aromatic carbocycles. The lowest BCUT2D eigenvalue weighted by atomic mass is 10.0. The summed E-state index contributed by atoms with van der Waals surface area (Å²) in [7, 11) is 0. The second-order valence-electron chi connectivity index (χ2n) is 6.74. The number of ether oxygens (including phenoxy) is 1. The molecule has 0 radical (unpaired) electrons. The molecular formula is C20H29ClN2O3. The Balaban J connectivity index is 1.82. The monoisotopic (exact) mass is 380 g/mol. The number of carbonyl (C=O) groups is 2. The number of anilines is 1. The highest BCUT2D eigenvalue weighted by molar-refractivity contribution is 6.32. The van der Waals surface area contributed by atoms with Gasteiger partial charge in [0.15, 0.2) is 6.61 Å². The third-order valence-electron chi connectivity index (χ3n) is 4.94. The highest BCUT2D eigenvalue weighted by Crippen LogP contribution is 2.30. The molecule has 5 nitrogen and oxygen atoms in total. The van der Waals surface area contributed by atoms with Crippen LogP contribution < -0.4 is 10.1 Å². The van der Waals surface area contributed by atoms with Crippen molar-refractivity contribution in [2.24, 2.45) is 5.92 Å². The molecule has 0 saturated heterocycles. The van der Waals surface area contributed by atoms with Crippen molar-refractivity contribution in [2.45, 2.75) is 52.4 Å². The number of nitrogens with zero attached hydrogens (tertiary/aromatic N) is 1. The van der Waals surface area contributed by atoms with Crippen molar-refractivity contribution in [1.82, 2.24) is 4.90 Å². The van der Waals surface area contributed by atoms with E-state index in [1.54, 1.807) is 23.1 Å². The average Bonchev–Trinajstić information content (AvgIpc) is 3.14. The smallest absolute Gasteiger partial charge is 0.260 e. The number of hydrogen-bond donors (Lipinski definition) is 1. The molecular weight excluding hydrogens is 352 g/mol. The summed E-state index contributed by atoms with van der Waals surface area (Å²) >= 11 is 6.22. The molecule has 2 amide bonds. The van der Waals surface area contributed by atoms with E-state index in [9.17, 15) is 9.59 Å². The first-order valence-electron chi connectivity index (χ1n) is 9.53. The van der Waals surface area contributed by atoms with E-state index in [0.717, 1.165) is 6.42 Å². The fourth-order valence-corrected chi connectivity index (χ4v) is 3.60. The van der Waals surface area contributed by atoms with Gasteiger partial charge in [-0.2, -0.15) is 0 Å². The molecule has 6 heteroatoms. The fourth-order valence-electron chi connectivity index (χ4n) is 3.36. The van der Waals surface area contributed by atoms with Crippen LogP contribution in [0.15, 0.2) is 18.2 Å². The van der Waals surface area contributed by atoms with E-state index < -0.39 is 0 Å². The summed E-state index contributed by atoms with van der Waals surface area (Å²) < 4.78 is 5.52. The summed E-state index contributed by atoms with van der Waals surface area (Å²) in [5, 5.41) is 3.26. The zero-order chi connectivity index (χ0) is 18.9. The molecule has 144 valence electrons. The van der Waals surface area contributed by atoms with Crippen LogP contribution >= 0.6 is 11.6 Å². The second kappa shape index (κ2) is 10.4. The van der Waals surface area contributed by atoms with E-state index in [-0.39, 0.29) is 18.4 Å². The second-order valence-corrected chi connectivity index (χ2v) is 7.14. The lowest BCUT2D eigenvalue weighted by molar-refractivity contribution is -0.133. The van der Waals surface area contributed by atoms with E-state index in [1.807, 2.05) is 13.8 Å². The number of benzene rings is 1. The van der Waals surface area contributed by atoms with Gasteiger partial charge in [0, 0.05) is 25.2 Å². The summed E-state index contributed by atoms with van der Waals surface area (Å²) in [6.07, 6.45) is 6.57. The van der Waals surface area contributed by atoms with Crippen molar-refractivity contribution in [3.8, 4) is 5.75 Å². The quantitative estimate of drug-likeness (QED) is 0.686. The molecule has 2 rings (SSSR count). The number of hydrogen-bond acceptors (Lipinski definition) is 3. The number of carbonyl (C=O) groups excluding carboxylic acids is 2. The number of halogens is 1. The maximum atomic E-state index is 12.1. The SMILES string of the molecule is CCN(CC)C(=O)COc1ccc(NC(=O)CCC2CCCC2)cc1Cl. The number of nitrogens with one attached hydrogen (secondary N) is 1. The lowest BCUT2D eigenvalue weighted by Crippen LogP contribution is -2.34. The maximum Gasteiger partial charge on any atom is 0.260 e. The summed E-state index contributed by atoms with van der Waals surface area (Å²) in [4.78, 5) is 25.8. The molecule has 26 heavy (non-hydrogen) atoms. The van der Waals surface area contributed by atoms with Gasteiger partial charge in [-0.1, -0.05) is 37.3 Å². The predicted octanol–water partition coefficient (Wildman–Crippen LogP) is 4.50. The molecule has 0 atom stereocenters. The fraction of sp³-hybridized carbons (Fsp3) is 0.600. The molecule has 1 N–H and O–H groups in total. The number of amides is 2. The highest BCUT2D eigenvalue weighted by atomic mass is 35.5. The molecule has 1 saturated carbocycles. The standard InChI is InChI=1S/C20H29ClN2O3/c1-3-23(4-2)20(25)14-26-18-11-10-16(13-17(18)21)22-19(24)12-9-15-7-5-6-8-15/h10-11,13,15H,3-9,12,14H2,1-2H3,(H,22,24). The highest BCUT2D eigenvalue weighted by Gasteiger charge is 2.16. The average molecular weight is 381 g/mol. The van der Waals surface area contributed by atoms with Crippen LogP contribution in [0.5, 0.6) is 5.75 Å². The third-order valence-corrected chi connectivity index (χ3v) is 5.23. The molecule has 1 aliphatic carbocycles. The van der Waals surface area contributed by atoms with E-state index in [2.05, 4.69) is 5.32 Å². The maximum absolute atomic E-state index is 12.1. The van der Waals surface area contributed by atoms with Crippen LogP contribution in [0.4, 0.5) is 5.69 Å². The first-order chi connectivity index (χ1) is 12.5. The van der Waals surface area contributed by atoms with Gasteiger partial charge < -0.3 is 15.0 Å². The van der Waals surface area contributed by atoms with Crippen LogP contribution in [-0.4, -0.2) is 36.4 Å². The number of rotatable bonds is 9. The first kappa shape index (κ1) is 20.6. The van der Waals surface area contributed by atoms with Crippen LogP contribution in [-0.2, 0) is 9.59 Å². The molecule has 0 bridgehead atoms. The Labute approximate surface area is 161 Å². The minimum absolute atomic E-state index is 0.0124. The van der Waals surface area contributed by atoms with Gasteiger partial charge in [-0.25, -0.2) is 0 Å². The van der Waals surface area contributed by atoms with Gasteiger partial charge in [-0.15, -0.1) is 0 Å². The molecule has 0 spiro atoms. The minimum atomic E-state index is -0.0737. The van der Waals surface area contributed by atoms with Gasteiger partial charge >= 0.3 is 0 Å². The zero-order valence-electron chi connectivity index (χ0n) is 15.7. The van der Waals surface area contributed by atoms with Crippen LogP contribution in [0.3, 0.4) is 0 Å². The molecule has 0 aliphatic heterocycles. The van der Waals surface area contributed by atoms with Crippen molar-refractivity contribution in [1.29, 1.82) is 0 Å². The zero-order valence-corrected chi connectivity index (χ0v) is 16.5. The number of likely N-dealkylation sites (N-methyl/N-ethyl adjacent to an activating group) is 1. The van der Waals surface area contributed by atoms with Crippen molar-refractivity contribution in [3.63, 3.8) is 0 Å². The normalized spacial score (nSPS) is 14.3. The van der Waals surface area contributed by atoms with Gasteiger partial charge in [-0.05, 0) is 44.4 Å². The Bertz CT molecular complexity index is 611. The molecule has 1 aromatic rings. The van der Waals surface area contributed by atoms with Crippen LogP contribution in [0.25, 0.3) is 0 Å². The van der Waals surface area contributed by atoms with E-state index in [1.165, 1.54) is 25.7 Å². The Hall–Kier alpha value is -1.75. The Morgan fingerprint density at radius 1 is 1.23 bits per heavy atom. The van der Waals surface area contributed by atoms with Crippen molar-refractivity contribution in [2.75, 3.05) is 25.0 Å². The summed E-state index contributed by atoms with van der Waals surface area (Å²) in [6, 6.07) is 5.09. The molecule has 0 heterocycles. The van der Waals surface area contributed by atoms with Crippen LogP contribution in [0.1, 0.15) is 52.4 Å². The summed E-state index contributed by atoms with van der Waals surface area (Å²) in [5.41, 5.74) is 0.647. The van der Waals surface area contributed by atoms with Crippen LogP contribution in [0.2, 0.25) is 5.02 Å². The molecule has 1 fully saturated rings. The van der Waals surface area contributed by atoms with E-state index in [4.69, 9.17) is 16.3 Å². The third kappa shape index (κ3) is 6.20. The van der Waals surface area contributed by atoms with Gasteiger partial charge in [0.25, 0.3) is 5.91 Å². The predicted molar refractivity (Wildman–Crippen MR) is 105 cm³/mol. The van der Waals surface area contributed by atoms with Gasteiger partial charge in [0.2, 0.25) is 5.91 Å². The van der Waals surface area contributed by atoms with Gasteiger partial charge in [0.05, 0.1) is 5.02 Å². The largest absolute Gasteiger partial charge is 0.482 e. The van der Waals surface area contributed by atoms with Crippen molar-refractivity contribution in [3.05, 3.63) is 23.2 Å². The molecule has 0 aromatic heterocycles. The Morgan fingerprint density at radius 3 is 2.54 bits per heavy atom. The minimum Gasteiger partial charge on any atom is -0.482 e. The van der Waals surface area contributed by atoms with E-state index in [0.29, 0.717) is 41.9 Å². The van der Waals surface area contributed by atoms with Gasteiger partial charge in [-0.3, -0.25) is 9.59 Å². The molecule has 0 unspecified atom stereocenters. The van der Waals surface area contributed by atoms with Crippen molar-refractivity contribution >= 4 is 29.1 Å². The summed E-state index contributed by atoms with van der Waals surface area (Å²) in [5.74, 6) is 1.08. The topological polar surface area (TPSA) is 58.6 Å².